The van der Waals surface area contributed by atoms with Crippen LogP contribution in [0.4, 0.5) is 8.78 Å². The van der Waals surface area contributed by atoms with Gasteiger partial charge in [-0.3, -0.25) is 4.79 Å². The lowest BCUT2D eigenvalue weighted by molar-refractivity contribution is -0.122. The second-order valence-electron chi connectivity index (χ2n) is 4.12. The summed E-state index contributed by atoms with van der Waals surface area (Å²) in [5, 5.41) is 16.6. The molecule has 0 aliphatic heterocycles. The lowest BCUT2D eigenvalue weighted by Gasteiger charge is -2.22. The van der Waals surface area contributed by atoms with Crippen molar-refractivity contribution in [2.45, 2.75) is 13.8 Å². The molecule has 0 aliphatic rings. The number of aromatic hydroxyl groups is 1. The highest BCUT2D eigenvalue weighted by Crippen LogP contribution is 2.27. The topological polar surface area (TPSA) is 87.2 Å². The molecule has 0 atom stereocenters. The molecule has 0 spiro atoms. The van der Waals surface area contributed by atoms with Gasteiger partial charge in [0.25, 0.3) is 0 Å². The van der Waals surface area contributed by atoms with E-state index < -0.39 is 40.0 Å². The minimum absolute atomic E-state index is 0.399. The number of halogens is 2. The van der Waals surface area contributed by atoms with Crippen LogP contribution in [0.3, 0.4) is 0 Å². The number of nitrogens with one attached hydrogen (secondary N) is 1. The molecule has 0 fully saturated rings. The van der Waals surface area contributed by atoms with Crippen molar-refractivity contribution in [1.29, 1.82) is 5.41 Å². The zero-order valence-electron chi connectivity index (χ0n) is 9.34. The zero-order chi connectivity index (χ0) is 13.4. The van der Waals surface area contributed by atoms with Gasteiger partial charge in [0, 0.05) is 5.56 Å². The van der Waals surface area contributed by atoms with Crippen LogP contribution < -0.4 is 5.73 Å². The minimum Gasteiger partial charge on any atom is -0.505 e. The number of carbonyl (C=O) groups excluding carboxylic acids is 1. The number of phenolic OH excluding ortho intramolecular Hbond substituents is 1. The van der Waals surface area contributed by atoms with Gasteiger partial charge in [0.05, 0.1) is 11.1 Å². The number of primary amides is 1. The Morgan fingerprint density at radius 2 is 1.88 bits per heavy atom. The molecule has 92 valence electrons. The van der Waals surface area contributed by atoms with Crippen LogP contribution >= 0.6 is 0 Å². The highest BCUT2D eigenvalue weighted by atomic mass is 19.2. The Hall–Kier alpha value is -1.98. The van der Waals surface area contributed by atoms with Gasteiger partial charge >= 0.3 is 0 Å². The van der Waals surface area contributed by atoms with Crippen molar-refractivity contribution in [1.82, 2.24) is 0 Å². The van der Waals surface area contributed by atoms with Crippen molar-refractivity contribution in [3.05, 3.63) is 29.3 Å². The van der Waals surface area contributed by atoms with Crippen molar-refractivity contribution in [2.24, 2.45) is 11.1 Å². The third-order valence-corrected chi connectivity index (χ3v) is 2.57. The first-order valence-corrected chi connectivity index (χ1v) is 4.76. The fraction of sp³-hybridized carbons (Fsp3) is 0.273. The molecule has 0 unspecified atom stereocenters. The number of benzene rings is 1. The van der Waals surface area contributed by atoms with E-state index in [0.29, 0.717) is 0 Å². The molecule has 0 bridgehead atoms. The Balaban J connectivity index is 3.33. The van der Waals surface area contributed by atoms with Gasteiger partial charge in [-0.2, -0.15) is 4.39 Å². The minimum atomic E-state index is -1.45. The molecule has 1 aromatic carbocycles. The lowest BCUT2D eigenvalue weighted by Crippen LogP contribution is -2.39. The average Bonchev–Trinajstić information content (AvgIpc) is 2.25. The molecule has 0 aliphatic carbocycles. The fourth-order valence-corrected chi connectivity index (χ4v) is 1.19. The molecule has 4 N–H and O–H groups in total. The monoisotopic (exact) mass is 242 g/mol. The van der Waals surface area contributed by atoms with Crippen LogP contribution in [0.5, 0.6) is 5.75 Å². The van der Waals surface area contributed by atoms with Crippen LogP contribution in [0, 0.1) is 22.5 Å². The van der Waals surface area contributed by atoms with Gasteiger partial charge in [-0.25, -0.2) is 4.39 Å². The van der Waals surface area contributed by atoms with Gasteiger partial charge in [0.15, 0.2) is 11.6 Å². The Labute approximate surface area is 96.6 Å². The van der Waals surface area contributed by atoms with Gasteiger partial charge in [0.1, 0.15) is 0 Å². The lowest BCUT2D eigenvalue weighted by atomic mass is 9.82. The summed E-state index contributed by atoms with van der Waals surface area (Å²) in [6.07, 6.45) is 0. The van der Waals surface area contributed by atoms with E-state index in [9.17, 15) is 13.6 Å². The Morgan fingerprint density at radius 3 is 2.35 bits per heavy atom. The van der Waals surface area contributed by atoms with Gasteiger partial charge < -0.3 is 16.2 Å². The zero-order valence-corrected chi connectivity index (χ0v) is 9.34. The van der Waals surface area contributed by atoms with Crippen LogP contribution in [-0.4, -0.2) is 16.7 Å². The second kappa shape index (κ2) is 4.12. The number of hydrogen-bond donors (Lipinski definition) is 3. The van der Waals surface area contributed by atoms with E-state index in [0.717, 1.165) is 12.1 Å². The molecule has 4 nitrogen and oxygen atoms in total. The van der Waals surface area contributed by atoms with E-state index in [2.05, 4.69) is 0 Å². The first-order chi connectivity index (χ1) is 7.69. The molecule has 0 heterocycles. The molecule has 17 heavy (non-hydrogen) atoms. The van der Waals surface area contributed by atoms with Crippen LogP contribution in [-0.2, 0) is 4.79 Å². The highest BCUT2D eigenvalue weighted by Gasteiger charge is 2.33. The van der Waals surface area contributed by atoms with E-state index in [4.69, 9.17) is 16.2 Å². The maximum Gasteiger partial charge on any atom is 0.229 e. The van der Waals surface area contributed by atoms with Crippen molar-refractivity contribution >= 4 is 11.6 Å². The fourth-order valence-electron chi connectivity index (χ4n) is 1.19. The summed E-state index contributed by atoms with van der Waals surface area (Å²) in [7, 11) is 0. The van der Waals surface area contributed by atoms with Gasteiger partial charge in [0.2, 0.25) is 11.7 Å². The van der Waals surface area contributed by atoms with Crippen molar-refractivity contribution in [3.63, 3.8) is 0 Å². The molecule has 6 heteroatoms. The van der Waals surface area contributed by atoms with E-state index >= 15 is 0 Å². The maximum absolute atomic E-state index is 13.5. The number of phenols is 1. The van der Waals surface area contributed by atoms with Crippen molar-refractivity contribution in [3.8, 4) is 5.75 Å². The van der Waals surface area contributed by atoms with E-state index in [1.54, 1.807) is 0 Å². The highest BCUT2D eigenvalue weighted by molar-refractivity contribution is 6.14. The van der Waals surface area contributed by atoms with Crippen LogP contribution in [0.15, 0.2) is 12.1 Å². The summed E-state index contributed by atoms with van der Waals surface area (Å²) in [4.78, 5) is 11.1. The van der Waals surface area contributed by atoms with Crippen LogP contribution in [0.2, 0.25) is 0 Å². The molecule has 1 rings (SSSR count). The molecule has 1 amide bonds. The smallest absolute Gasteiger partial charge is 0.229 e. The standard InChI is InChI=1S/C11H12F2N2O2/c1-11(2,10(15)17)9(14)5-3-4-6(16)8(13)7(5)12/h3-4,14,16H,1-2H3,(H2,15,17). The molecule has 0 saturated carbocycles. The predicted molar refractivity (Wildman–Crippen MR) is 57.8 cm³/mol. The average molecular weight is 242 g/mol. The Bertz CT molecular complexity index is 498. The quantitative estimate of drug-likeness (QED) is 0.702. The van der Waals surface area contributed by atoms with Crippen molar-refractivity contribution < 1.29 is 18.7 Å². The van der Waals surface area contributed by atoms with Gasteiger partial charge in [-0.1, -0.05) is 0 Å². The summed E-state index contributed by atoms with van der Waals surface area (Å²) < 4.78 is 26.6. The number of rotatable bonds is 3. The summed E-state index contributed by atoms with van der Waals surface area (Å²) in [5.41, 5.74) is 2.81. The Morgan fingerprint density at radius 1 is 1.35 bits per heavy atom. The Kier molecular flexibility index (Phi) is 3.17. The molecular weight excluding hydrogens is 230 g/mol. The third kappa shape index (κ3) is 2.11. The first kappa shape index (κ1) is 13.1. The van der Waals surface area contributed by atoms with Crippen molar-refractivity contribution in [2.75, 3.05) is 0 Å². The first-order valence-electron chi connectivity index (χ1n) is 4.76. The number of nitrogens with two attached hydrogens (primary N) is 1. The summed E-state index contributed by atoms with van der Waals surface area (Å²) in [5.74, 6) is -4.50. The normalized spacial score (nSPS) is 11.3. The number of amides is 1. The van der Waals surface area contributed by atoms with Gasteiger partial charge in [-0.15, -0.1) is 0 Å². The maximum atomic E-state index is 13.5. The van der Waals surface area contributed by atoms with E-state index in [-0.39, 0.29) is 0 Å². The summed E-state index contributed by atoms with van der Waals surface area (Å²) >= 11 is 0. The van der Waals surface area contributed by atoms with Crippen LogP contribution in [0.1, 0.15) is 19.4 Å². The number of carbonyl (C=O) groups is 1. The second-order valence-corrected chi connectivity index (χ2v) is 4.12. The number of hydrogen-bond acceptors (Lipinski definition) is 3. The molecule has 0 radical (unpaired) electrons. The predicted octanol–water partition coefficient (Wildman–Crippen LogP) is 1.55. The van der Waals surface area contributed by atoms with E-state index in [1.807, 2.05) is 0 Å². The van der Waals surface area contributed by atoms with Crippen LogP contribution in [0.25, 0.3) is 0 Å². The summed E-state index contributed by atoms with van der Waals surface area (Å²) in [6.45, 7) is 2.67. The molecule has 1 aromatic rings. The third-order valence-electron chi connectivity index (χ3n) is 2.57. The SMILES string of the molecule is CC(C)(C(=N)c1ccc(O)c(F)c1F)C(N)=O. The largest absolute Gasteiger partial charge is 0.505 e. The van der Waals surface area contributed by atoms with E-state index in [1.165, 1.54) is 13.8 Å². The molecule has 0 saturated heterocycles. The molecule has 0 aromatic heterocycles. The summed E-state index contributed by atoms with van der Waals surface area (Å²) in [6, 6.07) is 1.94. The van der Waals surface area contributed by atoms with Gasteiger partial charge in [-0.05, 0) is 26.0 Å². The molecular formula is C11H12F2N2O2.